The van der Waals surface area contributed by atoms with Crippen molar-refractivity contribution in [3.63, 3.8) is 0 Å². The van der Waals surface area contributed by atoms with Crippen LogP contribution in [0.15, 0.2) is 29.3 Å². The van der Waals surface area contributed by atoms with Crippen molar-refractivity contribution in [2.45, 2.75) is 31.7 Å². The van der Waals surface area contributed by atoms with Gasteiger partial charge in [-0.2, -0.15) is 0 Å². The molecular weight excluding hydrogens is 224 g/mol. The third-order valence-corrected chi connectivity index (χ3v) is 3.65. The number of hydrogen-bond acceptors (Lipinski definition) is 3. The zero-order chi connectivity index (χ0) is 12.2. The lowest BCUT2D eigenvalue weighted by atomic mass is 9.97. The first-order valence-corrected chi connectivity index (χ1v) is 6.92. The lowest BCUT2D eigenvalue weighted by Crippen LogP contribution is -2.35. The van der Waals surface area contributed by atoms with Gasteiger partial charge in [0.15, 0.2) is 0 Å². The first-order chi connectivity index (χ1) is 8.92. The average molecular weight is 244 g/mol. The Labute approximate surface area is 108 Å². The van der Waals surface area contributed by atoms with Crippen LogP contribution in [0.4, 0.5) is 0 Å². The molecule has 0 amide bonds. The summed E-state index contributed by atoms with van der Waals surface area (Å²) in [7, 11) is 0. The third-order valence-electron chi connectivity index (χ3n) is 3.65. The molecule has 0 aliphatic carbocycles. The number of rotatable bonds is 3. The second-order valence-electron chi connectivity index (χ2n) is 5.09. The van der Waals surface area contributed by atoms with Crippen LogP contribution in [0.2, 0.25) is 0 Å². The molecule has 1 atom stereocenters. The van der Waals surface area contributed by atoms with Crippen molar-refractivity contribution in [2.24, 2.45) is 4.99 Å². The van der Waals surface area contributed by atoms with E-state index in [2.05, 4.69) is 34.6 Å². The van der Waals surface area contributed by atoms with Crippen LogP contribution in [-0.2, 0) is 11.2 Å². The summed E-state index contributed by atoms with van der Waals surface area (Å²) in [6.07, 6.45) is 5.08. The predicted molar refractivity (Wildman–Crippen MR) is 73.1 cm³/mol. The maximum Gasteiger partial charge on any atom is 0.216 e. The highest BCUT2D eigenvalue weighted by molar-refractivity contribution is 5.95. The summed E-state index contributed by atoms with van der Waals surface area (Å²) in [5.74, 6) is 0.813. The summed E-state index contributed by atoms with van der Waals surface area (Å²) in [5, 5.41) is 3.60. The van der Waals surface area contributed by atoms with Crippen molar-refractivity contribution >= 4 is 5.90 Å². The number of ether oxygens (including phenoxy) is 1. The fourth-order valence-corrected chi connectivity index (χ4v) is 2.72. The van der Waals surface area contributed by atoms with E-state index in [-0.39, 0.29) is 0 Å². The lowest BCUT2D eigenvalue weighted by Gasteiger charge is -2.23. The molecule has 1 fully saturated rings. The van der Waals surface area contributed by atoms with Gasteiger partial charge in [0.25, 0.3) is 0 Å². The highest BCUT2D eigenvalue weighted by atomic mass is 16.5. The summed E-state index contributed by atoms with van der Waals surface area (Å²) in [5.41, 5.74) is 2.51. The number of aliphatic imine (C=N–C) groups is 1. The lowest BCUT2D eigenvalue weighted by molar-refractivity contribution is 0.348. The van der Waals surface area contributed by atoms with Gasteiger partial charge in [0.2, 0.25) is 5.90 Å². The van der Waals surface area contributed by atoms with Crippen molar-refractivity contribution in [1.82, 2.24) is 5.32 Å². The molecule has 18 heavy (non-hydrogen) atoms. The van der Waals surface area contributed by atoms with E-state index in [0.717, 1.165) is 31.0 Å². The van der Waals surface area contributed by atoms with Gasteiger partial charge in [-0.1, -0.05) is 18.6 Å². The van der Waals surface area contributed by atoms with E-state index in [1.165, 1.54) is 31.4 Å². The Bertz CT molecular complexity index is 436. The van der Waals surface area contributed by atoms with Gasteiger partial charge in [-0.05, 0) is 43.5 Å². The van der Waals surface area contributed by atoms with Crippen LogP contribution in [0.1, 0.15) is 30.4 Å². The Morgan fingerprint density at radius 1 is 1.33 bits per heavy atom. The minimum absolute atomic E-state index is 0.639. The topological polar surface area (TPSA) is 33.6 Å². The first kappa shape index (κ1) is 11.7. The molecule has 3 nitrogen and oxygen atoms in total. The fraction of sp³-hybridized carbons (Fsp3) is 0.533. The van der Waals surface area contributed by atoms with Crippen LogP contribution < -0.4 is 5.32 Å². The molecule has 0 aromatic heterocycles. The Morgan fingerprint density at radius 2 is 2.33 bits per heavy atom. The quantitative estimate of drug-likeness (QED) is 0.884. The van der Waals surface area contributed by atoms with E-state index < -0.39 is 0 Å². The number of benzene rings is 1. The molecule has 2 aliphatic rings. The molecular formula is C15H20N2O. The van der Waals surface area contributed by atoms with Crippen molar-refractivity contribution in [3.05, 3.63) is 35.4 Å². The maximum atomic E-state index is 5.52. The Hall–Kier alpha value is -1.35. The van der Waals surface area contributed by atoms with Crippen molar-refractivity contribution < 1.29 is 4.74 Å². The van der Waals surface area contributed by atoms with Crippen LogP contribution >= 0.6 is 0 Å². The number of nitrogens with zero attached hydrogens (tertiary/aromatic N) is 1. The molecule has 96 valence electrons. The van der Waals surface area contributed by atoms with E-state index in [0.29, 0.717) is 6.04 Å². The molecule has 3 rings (SSSR count). The first-order valence-electron chi connectivity index (χ1n) is 6.92. The van der Waals surface area contributed by atoms with Crippen LogP contribution in [-0.4, -0.2) is 31.6 Å². The second kappa shape index (κ2) is 5.53. The largest absolute Gasteiger partial charge is 0.476 e. The van der Waals surface area contributed by atoms with Gasteiger partial charge in [-0.25, -0.2) is 4.99 Å². The summed E-state index contributed by atoms with van der Waals surface area (Å²) < 4.78 is 5.52. The molecule has 3 heteroatoms. The van der Waals surface area contributed by atoms with Crippen molar-refractivity contribution in [2.75, 3.05) is 19.7 Å². The second-order valence-corrected chi connectivity index (χ2v) is 5.09. The molecule has 2 heterocycles. The Kier molecular flexibility index (Phi) is 3.60. The molecule has 1 aromatic rings. The van der Waals surface area contributed by atoms with E-state index in [4.69, 9.17) is 4.74 Å². The highest BCUT2D eigenvalue weighted by Crippen LogP contribution is 2.15. The monoisotopic (exact) mass is 244 g/mol. The van der Waals surface area contributed by atoms with Gasteiger partial charge in [-0.15, -0.1) is 0 Å². The normalized spacial score (nSPS) is 23.6. The van der Waals surface area contributed by atoms with Gasteiger partial charge in [0.05, 0.1) is 6.54 Å². The molecule has 0 radical (unpaired) electrons. The van der Waals surface area contributed by atoms with Crippen molar-refractivity contribution in [3.8, 4) is 0 Å². The molecule has 1 unspecified atom stereocenters. The molecule has 0 spiro atoms. The van der Waals surface area contributed by atoms with Gasteiger partial charge in [0.1, 0.15) is 6.61 Å². The van der Waals surface area contributed by atoms with E-state index >= 15 is 0 Å². The summed E-state index contributed by atoms with van der Waals surface area (Å²) in [6.45, 7) is 2.69. The number of nitrogens with one attached hydrogen (secondary N) is 1. The summed E-state index contributed by atoms with van der Waals surface area (Å²) in [6, 6.07) is 9.26. The molecule has 1 saturated heterocycles. The van der Waals surface area contributed by atoms with Crippen LogP contribution in [0, 0.1) is 0 Å². The maximum absolute atomic E-state index is 5.52. The van der Waals surface area contributed by atoms with E-state index in [1.54, 1.807) is 0 Å². The zero-order valence-electron chi connectivity index (χ0n) is 10.7. The fourth-order valence-electron chi connectivity index (χ4n) is 2.72. The molecule has 2 aliphatic heterocycles. The van der Waals surface area contributed by atoms with Crippen LogP contribution in [0.3, 0.4) is 0 Å². The number of hydrogen-bond donors (Lipinski definition) is 1. The average Bonchev–Trinajstić information content (AvgIpc) is 2.94. The third kappa shape index (κ3) is 2.72. The highest BCUT2D eigenvalue weighted by Gasteiger charge is 2.14. The van der Waals surface area contributed by atoms with E-state index in [1.807, 2.05) is 0 Å². The summed E-state index contributed by atoms with van der Waals surface area (Å²) >= 11 is 0. The van der Waals surface area contributed by atoms with Gasteiger partial charge < -0.3 is 10.1 Å². The number of piperidine rings is 1. The van der Waals surface area contributed by atoms with Gasteiger partial charge in [0, 0.05) is 11.6 Å². The van der Waals surface area contributed by atoms with Gasteiger partial charge in [-0.3, -0.25) is 0 Å². The molecule has 1 N–H and O–H groups in total. The standard InChI is InChI=1S/C15H20N2O/c1-2-7-16-14(6-1)11-12-4-3-5-13(10-12)15-17-8-9-18-15/h3-5,10,14,16H,1-2,6-9,11H2. The smallest absolute Gasteiger partial charge is 0.216 e. The Morgan fingerprint density at radius 3 is 3.11 bits per heavy atom. The minimum atomic E-state index is 0.639. The van der Waals surface area contributed by atoms with Crippen LogP contribution in [0.25, 0.3) is 0 Å². The minimum Gasteiger partial charge on any atom is -0.476 e. The SMILES string of the molecule is c1cc(CC2CCCCN2)cc(C2=NCCO2)c1. The molecule has 0 bridgehead atoms. The van der Waals surface area contributed by atoms with Gasteiger partial charge >= 0.3 is 0 Å². The molecule has 1 aromatic carbocycles. The van der Waals surface area contributed by atoms with E-state index in [9.17, 15) is 0 Å². The van der Waals surface area contributed by atoms with Crippen molar-refractivity contribution in [1.29, 1.82) is 0 Å². The zero-order valence-corrected chi connectivity index (χ0v) is 10.7. The Balaban J connectivity index is 1.70. The summed E-state index contributed by atoms with van der Waals surface area (Å²) in [4.78, 5) is 4.37. The van der Waals surface area contributed by atoms with Crippen LogP contribution in [0.5, 0.6) is 0 Å². The molecule has 0 saturated carbocycles. The predicted octanol–water partition coefficient (Wildman–Crippen LogP) is 2.15.